The molecule has 2 rings (SSSR count). The zero-order chi connectivity index (χ0) is 14.0. The van der Waals surface area contributed by atoms with E-state index in [1.807, 2.05) is 16.5 Å². The summed E-state index contributed by atoms with van der Waals surface area (Å²) in [5.41, 5.74) is 1.05. The smallest absolute Gasteiger partial charge is 0.325 e. The molecular weight excluding hydrogens is 244 g/mol. The zero-order valence-corrected chi connectivity index (χ0v) is 11.7. The van der Waals surface area contributed by atoms with Crippen molar-refractivity contribution in [2.75, 3.05) is 18.5 Å². The SMILES string of the molecule is CC(=O)CCCCN1Cc2c(ncn2C)N(C)C1=O. The quantitative estimate of drug-likeness (QED) is 0.758. The second-order valence-electron chi connectivity index (χ2n) is 5.05. The lowest BCUT2D eigenvalue weighted by Gasteiger charge is -2.32. The maximum Gasteiger partial charge on any atom is 0.325 e. The van der Waals surface area contributed by atoms with Crippen molar-refractivity contribution in [2.24, 2.45) is 7.05 Å². The van der Waals surface area contributed by atoms with Crippen LogP contribution in [0, 0.1) is 0 Å². The summed E-state index contributed by atoms with van der Waals surface area (Å²) in [6, 6.07) is -0.0194. The van der Waals surface area contributed by atoms with Crippen LogP contribution in [-0.4, -0.2) is 39.9 Å². The minimum Gasteiger partial charge on any atom is -0.334 e. The van der Waals surface area contributed by atoms with E-state index in [1.165, 1.54) is 0 Å². The Labute approximate surface area is 113 Å². The molecule has 1 aliphatic rings. The second-order valence-corrected chi connectivity index (χ2v) is 5.05. The first-order valence-corrected chi connectivity index (χ1v) is 6.53. The van der Waals surface area contributed by atoms with Crippen LogP contribution < -0.4 is 4.90 Å². The van der Waals surface area contributed by atoms with Crippen molar-refractivity contribution >= 4 is 17.6 Å². The van der Waals surface area contributed by atoms with Gasteiger partial charge in [-0.2, -0.15) is 0 Å². The molecule has 0 aromatic carbocycles. The number of hydrogen-bond acceptors (Lipinski definition) is 3. The van der Waals surface area contributed by atoms with Gasteiger partial charge in [0.15, 0.2) is 5.82 Å². The van der Waals surface area contributed by atoms with Crippen LogP contribution in [0.15, 0.2) is 6.33 Å². The summed E-state index contributed by atoms with van der Waals surface area (Å²) in [5, 5.41) is 0. The summed E-state index contributed by atoms with van der Waals surface area (Å²) in [6.07, 6.45) is 4.01. The Morgan fingerprint density at radius 1 is 1.37 bits per heavy atom. The Bertz CT molecular complexity index is 495. The summed E-state index contributed by atoms with van der Waals surface area (Å²) in [6.45, 7) is 2.87. The third-order valence-corrected chi connectivity index (χ3v) is 3.46. The third-order valence-electron chi connectivity index (χ3n) is 3.46. The van der Waals surface area contributed by atoms with Gasteiger partial charge in [-0.05, 0) is 19.8 Å². The van der Waals surface area contributed by atoms with Gasteiger partial charge in [-0.1, -0.05) is 0 Å². The molecule has 1 aromatic rings. The van der Waals surface area contributed by atoms with Gasteiger partial charge < -0.3 is 14.3 Å². The lowest BCUT2D eigenvalue weighted by atomic mass is 10.2. The molecule has 104 valence electrons. The first kappa shape index (κ1) is 13.6. The number of nitrogens with zero attached hydrogens (tertiary/aromatic N) is 4. The van der Waals surface area contributed by atoms with Crippen LogP contribution in [0.4, 0.5) is 10.6 Å². The van der Waals surface area contributed by atoms with E-state index in [0.29, 0.717) is 19.5 Å². The highest BCUT2D eigenvalue weighted by Crippen LogP contribution is 2.25. The van der Waals surface area contributed by atoms with E-state index in [9.17, 15) is 9.59 Å². The Kier molecular flexibility index (Phi) is 3.87. The number of urea groups is 1. The van der Waals surface area contributed by atoms with Crippen LogP contribution in [-0.2, 0) is 18.4 Å². The second kappa shape index (κ2) is 5.42. The summed E-state index contributed by atoms with van der Waals surface area (Å²) in [5.74, 6) is 0.948. The molecule has 1 aromatic heterocycles. The molecule has 0 fully saturated rings. The van der Waals surface area contributed by atoms with E-state index in [2.05, 4.69) is 4.98 Å². The van der Waals surface area contributed by atoms with E-state index >= 15 is 0 Å². The fraction of sp³-hybridized carbons (Fsp3) is 0.615. The van der Waals surface area contributed by atoms with Crippen molar-refractivity contribution in [1.82, 2.24) is 14.5 Å². The highest BCUT2D eigenvalue weighted by molar-refractivity contribution is 5.92. The number of anilines is 1. The maximum absolute atomic E-state index is 12.2. The zero-order valence-electron chi connectivity index (χ0n) is 11.7. The van der Waals surface area contributed by atoms with Gasteiger partial charge in [0, 0.05) is 27.1 Å². The lowest BCUT2D eigenvalue weighted by molar-refractivity contribution is -0.117. The Morgan fingerprint density at radius 2 is 2.11 bits per heavy atom. The van der Waals surface area contributed by atoms with Crippen LogP contribution >= 0.6 is 0 Å². The molecule has 6 heteroatoms. The highest BCUT2D eigenvalue weighted by atomic mass is 16.2. The van der Waals surface area contributed by atoms with Gasteiger partial charge in [0.2, 0.25) is 0 Å². The largest absolute Gasteiger partial charge is 0.334 e. The molecule has 0 radical (unpaired) electrons. The maximum atomic E-state index is 12.2. The molecule has 0 atom stereocenters. The number of ketones is 1. The first-order chi connectivity index (χ1) is 9.00. The molecule has 0 aliphatic carbocycles. The highest BCUT2D eigenvalue weighted by Gasteiger charge is 2.30. The Hall–Kier alpha value is -1.85. The lowest BCUT2D eigenvalue weighted by Crippen LogP contribution is -2.45. The average Bonchev–Trinajstić information content (AvgIpc) is 2.72. The normalized spacial score (nSPS) is 14.8. The number of fused-ring (bicyclic) bond motifs is 1. The standard InChI is InChI=1S/C13H20N4O2/c1-10(18)6-4-5-7-17-8-11-12(14-9-15(11)2)16(3)13(17)19/h9H,4-8H2,1-3H3. The van der Waals surface area contributed by atoms with Gasteiger partial charge in [0.05, 0.1) is 18.6 Å². The van der Waals surface area contributed by atoms with Crippen molar-refractivity contribution in [3.8, 4) is 0 Å². The minimum atomic E-state index is -0.0194. The number of aromatic nitrogens is 2. The van der Waals surface area contributed by atoms with E-state index in [1.54, 1.807) is 25.2 Å². The van der Waals surface area contributed by atoms with Crippen molar-refractivity contribution in [1.29, 1.82) is 0 Å². The molecule has 1 aliphatic heterocycles. The molecule has 2 amide bonds. The fourth-order valence-corrected chi connectivity index (χ4v) is 2.31. The molecule has 6 nitrogen and oxygen atoms in total. The number of rotatable bonds is 5. The number of Topliss-reactive ketones (excluding diaryl/α,β-unsaturated/α-hetero) is 1. The third kappa shape index (κ3) is 2.77. The topological polar surface area (TPSA) is 58.4 Å². The van der Waals surface area contributed by atoms with Gasteiger partial charge in [0.1, 0.15) is 5.78 Å². The van der Waals surface area contributed by atoms with Gasteiger partial charge in [-0.3, -0.25) is 4.90 Å². The van der Waals surface area contributed by atoms with Crippen molar-refractivity contribution in [3.05, 3.63) is 12.0 Å². The van der Waals surface area contributed by atoms with Crippen LogP contribution in [0.3, 0.4) is 0 Å². The number of imidazole rings is 1. The summed E-state index contributed by atoms with van der Waals surface area (Å²) in [7, 11) is 3.68. The van der Waals surface area contributed by atoms with E-state index in [0.717, 1.165) is 24.4 Å². The molecule has 0 saturated heterocycles. The fourth-order valence-electron chi connectivity index (χ4n) is 2.31. The molecule has 0 unspecified atom stereocenters. The minimum absolute atomic E-state index is 0.0194. The number of carbonyl (C=O) groups excluding carboxylic acids is 2. The molecule has 0 bridgehead atoms. The predicted octanol–water partition coefficient (Wildman–Crippen LogP) is 1.55. The molecule has 2 heterocycles. The number of aryl methyl sites for hydroxylation is 1. The van der Waals surface area contributed by atoms with Gasteiger partial charge >= 0.3 is 6.03 Å². The van der Waals surface area contributed by atoms with Gasteiger partial charge in [-0.15, -0.1) is 0 Å². The number of carbonyl (C=O) groups is 2. The van der Waals surface area contributed by atoms with E-state index < -0.39 is 0 Å². The average molecular weight is 264 g/mol. The molecule has 0 spiro atoms. The van der Waals surface area contributed by atoms with Crippen molar-refractivity contribution in [3.63, 3.8) is 0 Å². The summed E-state index contributed by atoms with van der Waals surface area (Å²) < 4.78 is 1.95. The van der Waals surface area contributed by atoms with Crippen molar-refractivity contribution < 1.29 is 9.59 Å². The van der Waals surface area contributed by atoms with E-state index in [-0.39, 0.29) is 11.8 Å². The summed E-state index contributed by atoms with van der Waals surface area (Å²) >= 11 is 0. The first-order valence-electron chi connectivity index (χ1n) is 6.53. The van der Waals surface area contributed by atoms with Crippen LogP contribution in [0.1, 0.15) is 31.9 Å². The Morgan fingerprint density at radius 3 is 2.79 bits per heavy atom. The number of hydrogen-bond donors (Lipinski definition) is 0. The number of unbranched alkanes of at least 4 members (excludes halogenated alkanes) is 1. The number of amides is 2. The molecule has 0 N–H and O–H groups in total. The predicted molar refractivity (Wildman–Crippen MR) is 71.9 cm³/mol. The molecule has 19 heavy (non-hydrogen) atoms. The van der Waals surface area contributed by atoms with Crippen LogP contribution in [0.2, 0.25) is 0 Å². The van der Waals surface area contributed by atoms with E-state index in [4.69, 9.17) is 0 Å². The Balaban J connectivity index is 1.98. The molecule has 0 saturated carbocycles. The molecular formula is C13H20N4O2. The van der Waals surface area contributed by atoms with Crippen LogP contribution in [0.5, 0.6) is 0 Å². The monoisotopic (exact) mass is 264 g/mol. The van der Waals surface area contributed by atoms with Crippen molar-refractivity contribution in [2.45, 2.75) is 32.7 Å². The summed E-state index contributed by atoms with van der Waals surface area (Å²) in [4.78, 5) is 30.7. The van der Waals surface area contributed by atoms with Gasteiger partial charge in [0.25, 0.3) is 0 Å². The van der Waals surface area contributed by atoms with Gasteiger partial charge in [-0.25, -0.2) is 9.78 Å². The van der Waals surface area contributed by atoms with Crippen LogP contribution in [0.25, 0.3) is 0 Å².